The van der Waals surface area contributed by atoms with Gasteiger partial charge in [-0.25, -0.2) is 0 Å². The van der Waals surface area contributed by atoms with E-state index in [1.165, 1.54) is 54.0 Å². The third-order valence-corrected chi connectivity index (χ3v) is 14.5. The summed E-state index contributed by atoms with van der Waals surface area (Å²) in [6.07, 6.45) is 2.38. The number of hydrogen-bond acceptors (Lipinski definition) is 1. The van der Waals surface area contributed by atoms with Gasteiger partial charge in [0.2, 0.25) is 0 Å². The lowest BCUT2D eigenvalue weighted by Crippen LogP contribution is -2.74. The Labute approximate surface area is 273 Å². The van der Waals surface area contributed by atoms with E-state index in [9.17, 15) is 0 Å². The van der Waals surface area contributed by atoms with Crippen molar-refractivity contribution in [3.63, 3.8) is 0 Å². The second-order valence-electron chi connectivity index (χ2n) is 12.8. The fourth-order valence-electron chi connectivity index (χ4n) is 7.58. The first kappa shape index (κ1) is 28.5. The molecule has 2 heterocycles. The Bertz CT molecular complexity index is 2020. The van der Waals surface area contributed by atoms with E-state index in [0.29, 0.717) is 0 Å². The summed E-state index contributed by atoms with van der Waals surface area (Å²) in [7, 11) is -2.70. The molecule has 8 rings (SSSR count). The minimum absolute atomic E-state index is 0.771. The monoisotopic (exact) mass is 610 g/mol. The molecule has 1 aliphatic heterocycles. The number of likely N-dealkylation sites (tertiary alicyclic amines) is 1. The molecule has 1 fully saturated rings. The molecule has 0 amide bonds. The lowest BCUT2D eigenvalue weighted by atomic mass is 10.0. The Morgan fingerprint density at radius 3 is 1.63 bits per heavy atom. The first-order valence-electron chi connectivity index (χ1n) is 16.4. The second kappa shape index (κ2) is 12.1. The van der Waals surface area contributed by atoms with Gasteiger partial charge in [-0.05, 0) is 61.6 Å². The molecule has 224 valence electrons. The lowest BCUT2D eigenvalue weighted by Gasteiger charge is -2.37. The maximum absolute atomic E-state index is 2.70. The molecule has 1 saturated heterocycles. The van der Waals surface area contributed by atoms with Crippen LogP contribution in [-0.4, -0.2) is 30.6 Å². The molecular weight excluding hydrogens is 573 g/mol. The molecule has 6 aromatic carbocycles. The highest BCUT2D eigenvalue weighted by molar-refractivity contribution is 7.20. The third kappa shape index (κ3) is 5.02. The molecule has 0 bridgehead atoms. The van der Waals surface area contributed by atoms with Crippen molar-refractivity contribution in [2.45, 2.75) is 13.5 Å². The smallest absolute Gasteiger partial charge is 0.179 e. The molecule has 1 aliphatic rings. The molecule has 1 aromatic heterocycles. The minimum atomic E-state index is -2.70. The van der Waals surface area contributed by atoms with Gasteiger partial charge >= 0.3 is 0 Å². The largest absolute Gasteiger partial charge is 0.316 e. The van der Waals surface area contributed by atoms with E-state index in [-0.39, 0.29) is 0 Å². The van der Waals surface area contributed by atoms with Gasteiger partial charge in [0.1, 0.15) is 0 Å². The summed E-state index contributed by atoms with van der Waals surface area (Å²) in [5.41, 5.74) is 6.36. The predicted octanol–water partition coefficient (Wildman–Crippen LogP) is 7.13. The van der Waals surface area contributed by atoms with Crippen LogP contribution in [0.2, 0.25) is 0 Å². The Morgan fingerprint density at radius 2 is 1.04 bits per heavy atom. The van der Waals surface area contributed by atoms with Crippen molar-refractivity contribution >= 4 is 39.7 Å². The van der Waals surface area contributed by atoms with Crippen LogP contribution in [-0.2, 0) is 6.54 Å². The van der Waals surface area contributed by atoms with E-state index in [4.69, 9.17) is 0 Å². The Kier molecular flexibility index (Phi) is 7.49. The SMILES string of the molecule is CC1CN(Cc2cn(-c3ccccc3)c3ccc([Si](c4ccccc4)(c4ccccc4)c4ccc(-c5ccccc5)cc4)cc23)C1. The van der Waals surface area contributed by atoms with Crippen molar-refractivity contribution in [3.8, 4) is 16.8 Å². The molecule has 7 aromatic rings. The highest BCUT2D eigenvalue weighted by atomic mass is 28.3. The van der Waals surface area contributed by atoms with Crippen molar-refractivity contribution < 1.29 is 0 Å². The summed E-state index contributed by atoms with van der Waals surface area (Å²) in [6, 6.07) is 60.8. The second-order valence-corrected chi connectivity index (χ2v) is 16.6. The molecule has 0 atom stereocenters. The van der Waals surface area contributed by atoms with E-state index in [0.717, 1.165) is 25.6 Å². The molecule has 0 unspecified atom stereocenters. The van der Waals surface area contributed by atoms with Crippen LogP contribution in [0.1, 0.15) is 12.5 Å². The number of aromatic nitrogens is 1. The Morgan fingerprint density at radius 1 is 0.543 bits per heavy atom. The van der Waals surface area contributed by atoms with E-state index in [1.807, 2.05) is 0 Å². The molecule has 0 radical (unpaired) electrons. The van der Waals surface area contributed by atoms with E-state index < -0.39 is 8.07 Å². The van der Waals surface area contributed by atoms with Crippen LogP contribution < -0.4 is 20.7 Å². The zero-order chi connectivity index (χ0) is 30.9. The highest BCUT2D eigenvalue weighted by Gasteiger charge is 2.41. The molecule has 46 heavy (non-hydrogen) atoms. The number of para-hydroxylation sites is 1. The van der Waals surface area contributed by atoms with Crippen molar-refractivity contribution in [2.75, 3.05) is 13.1 Å². The summed E-state index contributed by atoms with van der Waals surface area (Å²) in [5, 5.41) is 6.95. The van der Waals surface area contributed by atoms with Crippen LogP contribution in [0.3, 0.4) is 0 Å². The first-order valence-corrected chi connectivity index (χ1v) is 18.4. The van der Waals surface area contributed by atoms with Gasteiger partial charge in [0.25, 0.3) is 0 Å². The maximum atomic E-state index is 2.59. The third-order valence-electron chi connectivity index (χ3n) is 9.73. The van der Waals surface area contributed by atoms with Gasteiger partial charge in [0, 0.05) is 36.9 Å². The number of fused-ring (bicyclic) bond motifs is 1. The summed E-state index contributed by atoms with van der Waals surface area (Å²) in [6.45, 7) is 5.65. The zero-order valence-corrected chi connectivity index (χ0v) is 27.3. The topological polar surface area (TPSA) is 8.17 Å². The molecule has 3 heteroatoms. The number of rotatable bonds is 8. The molecule has 0 aliphatic carbocycles. The van der Waals surface area contributed by atoms with E-state index >= 15 is 0 Å². The van der Waals surface area contributed by atoms with Crippen molar-refractivity contribution in [2.24, 2.45) is 5.92 Å². The molecule has 0 spiro atoms. The molecular formula is C43H38N2Si. The Hall–Kier alpha value is -4.96. The van der Waals surface area contributed by atoms with Crippen LogP contribution in [0.15, 0.2) is 170 Å². The van der Waals surface area contributed by atoms with Crippen LogP contribution in [0.4, 0.5) is 0 Å². The van der Waals surface area contributed by atoms with Crippen molar-refractivity contribution in [1.29, 1.82) is 0 Å². The average Bonchev–Trinajstić information content (AvgIpc) is 3.47. The summed E-state index contributed by atoms with van der Waals surface area (Å²) >= 11 is 0. The van der Waals surface area contributed by atoms with Crippen LogP contribution in [0, 0.1) is 5.92 Å². The summed E-state index contributed by atoms with van der Waals surface area (Å²) in [5.74, 6) is 0.771. The number of benzene rings is 6. The first-order chi connectivity index (χ1) is 22.7. The van der Waals surface area contributed by atoms with Crippen LogP contribution in [0.25, 0.3) is 27.7 Å². The normalized spacial score (nSPS) is 13.9. The van der Waals surface area contributed by atoms with Crippen LogP contribution >= 0.6 is 0 Å². The van der Waals surface area contributed by atoms with E-state index in [1.54, 1.807) is 0 Å². The molecule has 0 N–H and O–H groups in total. The fraction of sp³-hybridized carbons (Fsp3) is 0.116. The standard InChI is InChI=1S/C43H38N2Si/c1-33-29-44(30-33)31-36-32-45(37-16-8-3-9-17-37)43-27-26-41(28-42(36)43)46(38-18-10-4-11-19-38,39-20-12-5-13-21-39)40-24-22-35(23-25-40)34-14-6-2-7-15-34/h2-28,32-33H,29-31H2,1H3. The highest BCUT2D eigenvalue weighted by Crippen LogP contribution is 2.29. The van der Waals surface area contributed by atoms with Gasteiger partial charge in [-0.1, -0.05) is 153 Å². The average molecular weight is 611 g/mol. The van der Waals surface area contributed by atoms with Gasteiger partial charge in [-0.2, -0.15) is 0 Å². The summed E-state index contributed by atoms with van der Waals surface area (Å²) < 4.78 is 2.39. The van der Waals surface area contributed by atoms with Crippen molar-refractivity contribution in [1.82, 2.24) is 9.47 Å². The maximum Gasteiger partial charge on any atom is 0.179 e. The van der Waals surface area contributed by atoms with Gasteiger partial charge in [0.15, 0.2) is 8.07 Å². The predicted molar refractivity (Wildman–Crippen MR) is 197 cm³/mol. The number of hydrogen-bond donors (Lipinski definition) is 0. The lowest BCUT2D eigenvalue weighted by molar-refractivity contribution is 0.105. The van der Waals surface area contributed by atoms with Gasteiger partial charge in [-0.3, -0.25) is 4.90 Å². The Balaban J connectivity index is 1.37. The van der Waals surface area contributed by atoms with E-state index in [2.05, 4.69) is 186 Å². The molecule has 0 saturated carbocycles. The van der Waals surface area contributed by atoms with Crippen molar-refractivity contribution in [3.05, 3.63) is 176 Å². The minimum Gasteiger partial charge on any atom is -0.316 e. The van der Waals surface area contributed by atoms with Crippen LogP contribution in [0.5, 0.6) is 0 Å². The van der Waals surface area contributed by atoms with Gasteiger partial charge < -0.3 is 4.57 Å². The number of nitrogens with zero attached hydrogens (tertiary/aromatic N) is 2. The van der Waals surface area contributed by atoms with Gasteiger partial charge in [0.05, 0.1) is 5.52 Å². The molecule has 2 nitrogen and oxygen atoms in total. The quantitative estimate of drug-likeness (QED) is 0.131. The fourth-order valence-corrected chi connectivity index (χ4v) is 12.3. The summed E-state index contributed by atoms with van der Waals surface area (Å²) in [4.78, 5) is 2.59. The van der Waals surface area contributed by atoms with Gasteiger partial charge in [-0.15, -0.1) is 0 Å². The zero-order valence-electron chi connectivity index (χ0n) is 26.3.